The van der Waals surface area contributed by atoms with Crippen LogP contribution in [0.15, 0.2) is 12.2 Å². The van der Waals surface area contributed by atoms with Crippen molar-refractivity contribution in [1.82, 2.24) is 0 Å². The van der Waals surface area contributed by atoms with Crippen molar-refractivity contribution < 1.29 is 9.47 Å². The predicted molar refractivity (Wildman–Crippen MR) is 84.9 cm³/mol. The van der Waals surface area contributed by atoms with Crippen LogP contribution in [0.4, 0.5) is 0 Å². The van der Waals surface area contributed by atoms with Crippen LogP contribution < -0.4 is 0 Å². The monoisotopic (exact) mass is 390 g/mol. The van der Waals surface area contributed by atoms with E-state index in [4.69, 9.17) is 15.9 Å². The van der Waals surface area contributed by atoms with E-state index in [-0.39, 0.29) is 18.3 Å². The fourth-order valence-electron chi connectivity index (χ4n) is 2.78. The molecule has 0 bridgehead atoms. The van der Waals surface area contributed by atoms with Crippen LogP contribution >= 0.6 is 31.9 Å². The summed E-state index contributed by atoms with van der Waals surface area (Å²) in [5.74, 6) is 2.52. The van der Waals surface area contributed by atoms with Gasteiger partial charge in [0.15, 0.2) is 0 Å². The number of rotatable bonds is 3. The van der Waals surface area contributed by atoms with Gasteiger partial charge in [-0.15, -0.1) is 6.42 Å². The third-order valence-electron chi connectivity index (χ3n) is 3.82. The second-order valence-electron chi connectivity index (χ2n) is 5.14. The fourth-order valence-corrected chi connectivity index (χ4v) is 4.36. The highest BCUT2D eigenvalue weighted by molar-refractivity contribution is 9.09. The molecule has 0 radical (unpaired) electrons. The number of terminal acetylenes is 1. The van der Waals surface area contributed by atoms with E-state index in [1.54, 1.807) is 6.08 Å². The van der Waals surface area contributed by atoms with Crippen LogP contribution in [0.2, 0.25) is 0 Å². The number of halogens is 2. The summed E-state index contributed by atoms with van der Waals surface area (Å²) in [6, 6.07) is 0. The lowest BCUT2D eigenvalue weighted by molar-refractivity contribution is -0.180. The molecule has 4 heteroatoms. The van der Waals surface area contributed by atoms with Crippen LogP contribution in [0, 0.1) is 12.3 Å². The van der Waals surface area contributed by atoms with E-state index in [1.165, 1.54) is 0 Å². The molecule has 2 saturated heterocycles. The Morgan fingerprint density at radius 2 is 1.74 bits per heavy atom. The second-order valence-corrected chi connectivity index (χ2v) is 7.49. The van der Waals surface area contributed by atoms with Gasteiger partial charge in [-0.2, -0.15) is 0 Å². The minimum atomic E-state index is 0.187. The molecule has 19 heavy (non-hydrogen) atoms. The Kier molecular flexibility index (Phi) is 5.95. The highest BCUT2D eigenvalue weighted by Gasteiger charge is 2.43. The van der Waals surface area contributed by atoms with E-state index in [1.807, 2.05) is 6.08 Å². The van der Waals surface area contributed by atoms with Crippen molar-refractivity contribution in [2.24, 2.45) is 0 Å². The molecular weight excluding hydrogens is 372 g/mol. The summed E-state index contributed by atoms with van der Waals surface area (Å²) in [6.07, 6.45) is 13.8. The molecule has 2 rings (SSSR count). The molecule has 2 heterocycles. The zero-order chi connectivity index (χ0) is 13.8. The summed E-state index contributed by atoms with van der Waals surface area (Å²) < 4.78 is 12.3. The molecule has 0 aromatic carbocycles. The molecule has 2 aliphatic rings. The van der Waals surface area contributed by atoms with Gasteiger partial charge in [0.1, 0.15) is 0 Å². The second kappa shape index (κ2) is 7.26. The minimum Gasteiger partial charge on any atom is -0.371 e. The molecule has 106 valence electrons. The average molecular weight is 392 g/mol. The van der Waals surface area contributed by atoms with E-state index in [2.05, 4.69) is 44.7 Å². The summed E-state index contributed by atoms with van der Waals surface area (Å²) in [5, 5.41) is 0. The number of hydrogen-bond acceptors (Lipinski definition) is 2. The van der Waals surface area contributed by atoms with Gasteiger partial charge in [0.25, 0.3) is 0 Å². The van der Waals surface area contributed by atoms with Crippen molar-refractivity contribution >= 4 is 31.9 Å². The summed E-state index contributed by atoms with van der Waals surface area (Å²) in [7, 11) is 0. The maximum absolute atomic E-state index is 6.19. The van der Waals surface area contributed by atoms with Crippen molar-refractivity contribution in [3.8, 4) is 12.3 Å². The smallest absolute Gasteiger partial charge is 0.0853 e. The molecule has 0 aromatic rings. The number of alkyl halides is 2. The van der Waals surface area contributed by atoms with Crippen molar-refractivity contribution in [2.75, 3.05) is 0 Å². The van der Waals surface area contributed by atoms with Crippen molar-refractivity contribution in [3.63, 3.8) is 0 Å². The molecule has 0 spiro atoms. The maximum atomic E-state index is 6.19. The van der Waals surface area contributed by atoms with E-state index in [0.29, 0.717) is 15.8 Å². The molecule has 6 atom stereocenters. The van der Waals surface area contributed by atoms with Gasteiger partial charge in [0, 0.05) is 9.65 Å². The standard InChI is InChI=1S/C15H20Br2O2/c1-3-5-6-7-13-11(17)9-14-15(19-13)8-10(16)12(4-2)18-14/h1,5-6,10-15H,4,7-9H2,2H3/b6-5-/t10-,11-,12-,13-,14?,15?/m0/s1. The van der Waals surface area contributed by atoms with E-state index in [9.17, 15) is 0 Å². The van der Waals surface area contributed by atoms with Gasteiger partial charge in [-0.1, -0.05) is 50.8 Å². The maximum Gasteiger partial charge on any atom is 0.0853 e. The largest absolute Gasteiger partial charge is 0.371 e. The molecule has 2 fully saturated rings. The van der Waals surface area contributed by atoms with Crippen molar-refractivity contribution in [2.45, 2.75) is 66.7 Å². The quantitative estimate of drug-likeness (QED) is 0.537. The van der Waals surface area contributed by atoms with Crippen molar-refractivity contribution in [3.05, 3.63) is 12.2 Å². The average Bonchev–Trinajstić information content (AvgIpc) is 2.39. The van der Waals surface area contributed by atoms with Gasteiger partial charge in [-0.3, -0.25) is 0 Å². The van der Waals surface area contributed by atoms with Gasteiger partial charge < -0.3 is 9.47 Å². The number of ether oxygens (including phenoxy) is 2. The lowest BCUT2D eigenvalue weighted by atomic mass is 9.91. The van der Waals surface area contributed by atoms with Crippen LogP contribution in [0.5, 0.6) is 0 Å². The van der Waals surface area contributed by atoms with E-state index >= 15 is 0 Å². The molecule has 0 saturated carbocycles. The fraction of sp³-hybridized carbons (Fsp3) is 0.733. The van der Waals surface area contributed by atoms with Crippen LogP contribution in [-0.4, -0.2) is 34.1 Å². The Morgan fingerprint density at radius 1 is 1.16 bits per heavy atom. The molecule has 0 amide bonds. The van der Waals surface area contributed by atoms with Crippen LogP contribution in [0.1, 0.15) is 32.6 Å². The first-order valence-corrected chi connectivity index (χ1v) is 8.69. The molecular formula is C15H20Br2O2. The molecule has 0 aliphatic carbocycles. The third kappa shape index (κ3) is 3.85. The van der Waals surface area contributed by atoms with Gasteiger partial charge in [-0.05, 0) is 31.8 Å². The van der Waals surface area contributed by atoms with Crippen LogP contribution in [-0.2, 0) is 9.47 Å². The Labute approximate surface area is 132 Å². The summed E-state index contributed by atoms with van der Waals surface area (Å²) in [4.78, 5) is 0.730. The lowest BCUT2D eigenvalue weighted by Gasteiger charge is -2.45. The zero-order valence-electron chi connectivity index (χ0n) is 11.1. The van der Waals surface area contributed by atoms with Gasteiger partial charge in [0.05, 0.1) is 24.4 Å². The van der Waals surface area contributed by atoms with E-state index in [0.717, 1.165) is 25.7 Å². The number of allylic oxidation sites excluding steroid dienone is 1. The highest BCUT2D eigenvalue weighted by Crippen LogP contribution is 2.38. The summed E-state index contributed by atoms with van der Waals surface area (Å²) in [6.45, 7) is 2.17. The SMILES string of the molecule is C#C/C=C\C[C@@H]1OC2C[C@H](Br)[C@H](CC)OC2C[C@@H]1Br. The first-order valence-electron chi connectivity index (χ1n) is 6.85. The Hall–Kier alpha value is 0.180. The van der Waals surface area contributed by atoms with Crippen LogP contribution in [0.3, 0.4) is 0 Å². The first-order chi connectivity index (χ1) is 9.15. The topological polar surface area (TPSA) is 18.5 Å². The molecule has 0 aromatic heterocycles. The lowest BCUT2D eigenvalue weighted by Crippen LogP contribution is -2.53. The highest BCUT2D eigenvalue weighted by atomic mass is 79.9. The summed E-state index contributed by atoms with van der Waals surface area (Å²) >= 11 is 7.44. The Balaban J connectivity index is 1.95. The Bertz CT molecular complexity index is 364. The normalized spacial score (nSPS) is 42.8. The molecule has 2 nitrogen and oxygen atoms in total. The predicted octanol–water partition coefficient (Wildman–Crippen LogP) is 3.82. The van der Waals surface area contributed by atoms with Gasteiger partial charge in [0.2, 0.25) is 0 Å². The van der Waals surface area contributed by atoms with Gasteiger partial charge in [-0.25, -0.2) is 0 Å². The number of fused-ring (bicyclic) bond motifs is 1. The third-order valence-corrected chi connectivity index (χ3v) is 5.75. The molecule has 2 aliphatic heterocycles. The van der Waals surface area contributed by atoms with E-state index < -0.39 is 0 Å². The summed E-state index contributed by atoms with van der Waals surface area (Å²) in [5.41, 5.74) is 0. The molecule has 0 N–H and O–H groups in total. The minimum absolute atomic E-state index is 0.187. The Morgan fingerprint density at radius 3 is 2.32 bits per heavy atom. The first kappa shape index (κ1) is 15.6. The number of hydrogen-bond donors (Lipinski definition) is 0. The van der Waals surface area contributed by atoms with Gasteiger partial charge >= 0.3 is 0 Å². The zero-order valence-corrected chi connectivity index (χ0v) is 14.3. The van der Waals surface area contributed by atoms with Crippen molar-refractivity contribution in [1.29, 1.82) is 0 Å². The van der Waals surface area contributed by atoms with Crippen LogP contribution in [0.25, 0.3) is 0 Å². The molecule has 2 unspecified atom stereocenters.